The third-order valence-corrected chi connectivity index (χ3v) is 1.28. The van der Waals surface area contributed by atoms with E-state index in [4.69, 9.17) is 0 Å². The highest BCUT2D eigenvalue weighted by atomic mass is 16.3. The van der Waals surface area contributed by atoms with Gasteiger partial charge in [0.2, 0.25) is 0 Å². The van der Waals surface area contributed by atoms with Crippen LogP contribution in [-0.2, 0) is 0 Å². The summed E-state index contributed by atoms with van der Waals surface area (Å²) in [4.78, 5) is 0. The van der Waals surface area contributed by atoms with Crippen LogP contribution in [0.2, 0.25) is 0 Å². The van der Waals surface area contributed by atoms with Crippen LogP contribution in [0.25, 0.3) is 6.08 Å². The maximum absolute atomic E-state index is 9.19. The molecule has 52 valence electrons. The van der Waals surface area contributed by atoms with Crippen LogP contribution in [0.4, 0.5) is 0 Å². The van der Waals surface area contributed by atoms with Crippen molar-refractivity contribution in [3.05, 3.63) is 35.9 Å². The SMILES string of the molecule is C/C=C/c1ccccc1O. The van der Waals surface area contributed by atoms with Crippen LogP contribution >= 0.6 is 0 Å². The summed E-state index contributed by atoms with van der Waals surface area (Å²) in [5.41, 5.74) is 0.866. The molecule has 0 spiro atoms. The number of hydrogen-bond acceptors (Lipinski definition) is 1. The Balaban J connectivity index is 3.03. The monoisotopic (exact) mass is 134 g/mol. The predicted molar refractivity (Wildman–Crippen MR) is 42.8 cm³/mol. The van der Waals surface area contributed by atoms with Gasteiger partial charge in [-0.05, 0) is 13.0 Å². The second-order valence-corrected chi connectivity index (χ2v) is 2.06. The minimum atomic E-state index is 0.334. The van der Waals surface area contributed by atoms with E-state index in [1.165, 1.54) is 0 Å². The zero-order chi connectivity index (χ0) is 7.40. The van der Waals surface area contributed by atoms with E-state index in [1.54, 1.807) is 6.07 Å². The Morgan fingerprint density at radius 1 is 1.30 bits per heavy atom. The summed E-state index contributed by atoms with van der Waals surface area (Å²) in [7, 11) is 0. The summed E-state index contributed by atoms with van der Waals surface area (Å²) in [6, 6.07) is 7.25. The van der Waals surface area contributed by atoms with Crippen molar-refractivity contribution in [1.82, 2.24) is 0 Å². The van der Waals surface area contributed by atoms with Crippen LogP contribution in [-0.4, -0.2) is 5.11 Å². The van der Waals surface area contributed by atoms with Gasteiger partial charge in [-0.3, -0.25) is 0 Å². The highest BCUT2D eigenvalue weighted by Gasteiger charge is 1.90. The van der Waals surface area contributed by atoms with Crippen LogP contribution in [0, 0.1) is 0 Å². The van der Waals surface area contributed by atoms with Gasteiger partial charge in [0.15, 0.2) is 0 Å². The molecule has 0 saturated carbocycles. The van der Waals surface area contributed by atoms with E-state index >= 15 is 0 Å². The highest BCUT2D eigenvalue weighted by Crippen LogP contribution is 2.16. The van der Waals surface area contributed by atoms with Gasteiger partial charge in [-0.1, -0.05) is 30.4 Å². The molecule has 0 fully saturated rings. The molecule has 0 unspecified atom stereocenters. The number of aromatic hydroxyl groups is 1. The Hall–Kier alpha value is -1.24. The van der Waals surface area contributed by atoms with Crippen molar-refractivity contribution in [2.45, 2.75) is 6.92 Å². The van der Waals surface area contributed by atoms with Gasteiger partial charge in [-0.15, -0.1) is 0 Å². The van der Waals surface area contributed by atoms with Crippen LogP contribution < -0.4 is 0 Å². The van der Waals surface area contributed by atoms with Gasteiger partial charge in [0.1, 0.15) is 5.75 Å². The van der Waals surface area contributed by atoms with E-state index in [0.717, 1.165) is 5.56 Å². The summed E-state index contributed by atoms with van der Waals surface area (Å²) >= 11 is 0. The fourth-order valence-corrected chi connectivity index (χ4v) is 0.808. The Morgan fingerprint density at radius 2 is 2.00 bits per heavy atom. The van der Waals surface area contributed by atoms with Crippen molar-refractivity contribution in [3.8, 4) is 5.75 Å². The van der Waals surface area contributed by atoms with Crippen LogP contribution in [0.5, 0.6) is 5.75 Å². The molecule has 0 saturated heterocycles. The Morgan fingerprint density at radius 3 is 2.60 bits per heavy atom. The van der Waals surface area contributed by atoms with Crippen molar-refractivity contribution >= 4 is 6.08 Å². The molecule has 0 aliphatic carbocycles. The largest absolute Gasteiger partial charge is 0.507 e. The fourth-order valence-electron chi connectivity index (χ4n) is 0.808. The van der Waals surface area contributed by atoms with E-state index in [9.17, 15) is 5.11 Å². The lowest BCUT2D eigenvalue weighted by Gasteiger charge is -1.94. The van der Waals surface area contributed by atoms with E-state index in [0.29, 0.717) is 5.75 Å². The number of phenols is 1. The Kier molecular flexibility index (Phi) is 2.11. The van der Waals surface area contributed by atoms with Crippen LogP contribution in [0.1, 0.15) is 12.5 Å². The molecule has 10 heavy (non-hydrogen) atoms. The molecule has 1 aromatic carbocycles. The first kappa shape index (κ1) is 6.87. The number of phenolic OH excluding ortho intramolecular Hbond substituents is 1. The first-order valence-corrected chi connectivity index (χ1v) is 3.25. The van der Waals surface area contributed by atoms with Crippen LogP contribution in [0.15, 0.2) is 30.3 Å². The molecule has 0 bridgehead atoms. The molecule has 1 heteroatoms. The molecule has 1 N–H and O–H groups in total. The molecule has 0 heterocycles. The van der Waals surface area contributed by atoms with Crippen LogP contribution in [0.3, 0.4) is 0 Å². The molecular weight excluding hydrogens is 124 g/mol. The van der Waals surface area contributed by atoms with Gasteiger partial charge in [-0.2, -0.15) is 0 Å². The normalized spacial score (nSPS) is 10.5. The molecule has 0 aliphatic rings. The molecule has 1 aromatic rings. The van der Waals surface area contributed by atoms with Gasteiger partial charge >= 0.3 is 0 Å². The zero-order valence-corrected chi connectivity index (χ0v) is 5.91. The zero-order valence-electron chi connectivity index (χ0n) is 5.91. The summed E-state index contributed by atoms with van der Waals surface area (Å²) in [6.07, 6.45) is 3.77. The second-order valence-electron chi connectivity index (χ2n) is 2.06. The van der Waals surface area contributed by atoms with Crippen molar-refractivity contribution < 1.29 is 5.11 Å². The number of para-hydroxylation sites is 1. The molecule has 0 aliphatic heterocycles. The van der Waals surface area contributed by atoms with Crippen molar-refractivity contribution in [1.29, 1.82) is 0 Å². The van der Waals surface area contributed by atoms with E-state index in [-0.39, 0.29) is 0 Å². The third-order valence-electron chi connectivity index (χ3n) is 1.28. The van der Waals surface area contributed by atoms with E-state index in [1.807, 2.05) is 37.3 Å². The Labute approximate surface area is 60.6 Å². The molecule has 0 amide bonds. The van der Waals surface area contributed by atoms with Gasteiger partial charge in [-0.25, -0.2) is 0 Å². The summed E-state index contributed by atoms with van der Waals surface area (Å²) in [5, 5.41) is 9.19. The maximum Gasteiger partial charge on any atom is 0.122 e. The minimum absolute atomic E-state index is 0.334. The predicted octanol–water partition coefficient (Wildman–Crippen LogP) is 2.43. The summed E-state index contributed by atoms with van der Waals surface area (Å²) < 4.78 is 0. The number of hydrogen-bond donors (Lipinski definition) is 1. The average molecular weight is 134 g/mol. The highest BCUT2D eigenvalue weighted by molar-refractivity contribution is 5.55. The molecule has 0 aromatic heterocycles. The molecule has 1 nitrogen and oxygen atoms in total. The smallest absolute Gasteiger partial charge is 0.122 e. The summed E-state index contributed by atoms with van der Waals surface area (Å²) in [6.45, 7) is 1.92. The lowest BCUT2D eigenvalue weighted by Crippen LogP contribution is -1.70. The third kappa shape index (κ3) is 1.38. The maximum atomic E-state index is 9.19. The fraction of sp³-hybridized carbons (Fsp3) is 0.111. The molecular formula is C9H10O. The number of benzene rings is 1. The first-order chi connectivity index (χ1) is 4.84. The molecule has 1 rings (SSSR count). The van der Waals surface area contributed by atoms with Gasteiger partial charge < -0.3 is 5.11 Å². The average Bonchev–Trinajstić information content (AvgIpc) is 1.94. The van der Waals surface area contributed by atoms with Crippen molar-refractivity contribution in [2.24, 2.45) is 0 Å². The number of rotatable bonds is 1. The first-order valence-electron chi connectivity index (χ1n) is 3.25. The minimum Gasteiger partial charge on any atom is -0.507 e. The molecule has 0 atom stereocenters. The quantitative estimate of drug-likeness (QED) is 0.625. The van der Waals surface area contributed by atoms with Crippen molar-refractivity contribution in [3.63, 3.8) is 0 Å². The topological polar surface area (TPSA) is 20.2 Å². The second kappa shape index (κ2) is 3.06. The number of allylic oxidation sites excluding steroid dienone is 1. The van der Waals surface area contributed by atoms with Crippen molar-refractivity contribution in [2.75, 3.05) is 0 Å². The van der Waals surface area contributed by atoms with Gasteiger partial charge in [0.05, 0.1) is 0 Å². The van der Waals surface area contributed by atoms with E-state index in [2.05, 4.69) is 0 Å². The Bertz CT molecular complexity index is 238. The lowest BCUT2D eigenvalue weighted by atomic mass is 10.2. The molecule has 0 radical (unpaired) electrons. The van der Waals surface area contributed by atoms with Gasteiger partial charge in [0.25, 0.3) is 0 Å². The van der Waals surface area contributed by atoms with Gasteiger partial charge in [0, 0.05) is 5.56 Å². The standard InChI is InChI=1S/C9H10O/c1-2-5-8-6-3-4-7-9(8)10/h2-7,10H,1H3/b5-2+. The van der Waals surface area contributed by atoms with E-state index < -0.39 is 0 Å². The summed E-state index contributed by atoms with van der Waals surface area (Å²) in [5.74, 6) is 0.334. The lowest BCUT2D eigenvalue weighted by molar-refractivity contribution is 0.474.